The van der Waals surface area contributed by atoms with E-state index in [2.05, 4.69) is 5.32 Å². The van der Waals surface area contributed by atoms with Crippen LogP contribution >= 0.6 is 0 Å². The van der Waals surface area contributed by atoms with E-state index < -0.39 is 15.9 Å². The summed E-state index contributed by atoms with van der Waals surface area (Å²) in [5.41, 5.74) is 1.15. The van der Waals surface area contributed by atoms with E-state index >= 15 is 0 Å². The van der Waals surface area contributed by atoms with Gasteiger partial charge in [0.25, 0.3) is 0 Å². The van der Waals surface area contributed by atoms with E-state index in [0.29, 0.717) is 22.9 Å². The molecule has 0 fully saturated rings. The highest BCUT2D eigenvalue weighted by atomic mass is 32.2. The van der Waals surface area contributed by atoms with Crippen LogP contribution in [-0.4, -0.2) is 40.5 Å². The number of methoxy groups -OCH3 is 1. The number of hydrogen-bond acceptors (Lipinski definition) is 6. The number of sulfonamides is 1. The van der Waals surface area contributed by atoms with Crippen LogP contribution in [0.1, 0.15) is 25.5 Å². The number of anilines is 1. The van der Waals surface area contributed by atoms with Crippen molar-refractivity contribution in [2.75, 3.05) is 30.5 Å². The molecule has 156 valence electrons. The van der Waals surface area contributed by atoms with E-state index in [1.165, 1.54) is 6.92 Å². The average Bonchev–Trinajstić information content (AvgIpc) is 3.19. The number of fused-ring (bicyclic) bond motifs is 1. The molecule has 0 saturated carbocycles. The van der Waals surface area contributed by atoms with Crippen LogP contribution in [0.4, 0.5) is 5.69 Å². The zero-order valence-electron chi connectivity index (χ0n) is 16.5. The van der Waals surface area contributed by atoms with Gasteiger partial charge in [0.15, 0.2) is 11.5 Å². The number of nitrogens with one attached hydrogen (secondary N) is 1. The van der Waals surface area contributed by atoms with Crippen LogP contribution in [0.3, 0.4) is 0 Å². The predicted molar refractivity (Wildman–Crippen MR) is 109 cm³/mol. The van der Waals surface area contributed by atoms with Gasteiger partial charge in [-0.1, -0.05) is 18.2 Å². The molecule has 1 aliphatic rings. The Hall–Kier alpha value is -2.94. The molecule has 3 rings (SSSR count). The Bertz CT molecular complexity index is 992. The Morgan fingerprint density at radius 3 is 2.66 bits per heavy atom. The summed E-state index contributed by atoms with van der Waals surface area (Å²) in [5, 5.41) is 2.84. The lowest BCUT2D eigenvalue weighted by Crippen LogP contribution is -2.42. The third kappa shape index (κ3) is 4.56. The second-order valence-corrected chi connectivity index (χ2v) is 8.66. The van der Waals surface area contributed by atoms with Crippen LogP contribution in [0, 0.1) is 0 Å². The number of carbonyl (C=O) groups excluding carboxylic acids is 1. The van der Waals surface area contributed by atoms with Crippen molar-refractivity contribution >= 4 is 21.6 Å². The molecule has 1 aliphatic heterocycles. The molecule has 0 bridgehead atoms. The monoisotopic (exact) mass is 420 g/mol. The van der Waals surface area contributed by atoms with E-state index in [0.717, 1.165) is 9.87 Å². The highest BCUT2D eigenvalue weighted by Gasteiger charge is 2.26. The van der Waals surface area contributed by atoms with Crippen LogP contribution in [0.5, 0.6) is 17.2 Å². The molecule has 1 unspecified atom stereocenters. The second-order valence-electron chi connectivity index (χ2n) is 6.48. The van der Waals surface area contributed by atoms with Crippen LogP contribution in [0.2, 0.25) is 0 Å². The van der Waals surface area contributed by atoms with Gasteiger partial charge in [-0.15, -0.1) is 0 Å². The lowest BCUT2D eigenvalue weighted by molar-refractivity contribution is -0.120. The Morgan fingerprint density at radius 1 is 1.21 bits per heavy atom. The summed E-state index contributed by atoms with van der Waals surface area (Å²) in [5.74, 6) is 1.06. The van der Waals surface area contributed by atoms with Crippen molar-refractivity contribution in [1.29, 1.82) is 0 Å². The summed E-state index contributed by atoms with van der Waals surface area (Å²) in [7, 11) is -2.13. The van der Waals surface area contributed by atoms with E-state index in [1.54, 1.807) is 31.4 Å². The first kappa shape index (κ1) is 20.8. The maximum atomic E-state index is 12.7. The molecule has 0 aromatic heterocycles. The van der Waals surface area contributed by atoms with Gasteiger partial charge in [0.1, 0.15) is 12.3 Å². The largest absolute Gasteiger partial charge is 0.496 e. The minimum absolute atomic E-state index is 0.0796. The Morgan fingerprint density at radius 2 is 1.93 bits per heavy atom. The van der Waals surface area contributed by atoms with Gasteiger partial charge < -0.3 is 19.5 Å². The highest BCUT2D eigenvalue weighted by molar-refractivity contribution is 7.92. The fourth-order valence-electron chi connectivity index (χ4n) is 3.07. The van der Waals surface area contributed by atoms with E-state index in [4.69, 9.17) is 14.2 Å². The summed E-state index contributed by atoms with van der Waals surface area (Å²) in [6.45, 7) is 3.07. The molecule has 1 N–H and O–H groups in total. The molecule has 1 heterocycles. The van der Waals surface area contributed by atoms with Gasteiger partial charge in [0.05, 0.1) is 24.6 Å². The second kappa shape index (κ2) is 8.60. The molecule has 2 aromatic rings. The van der Waals surface area contributed by atoms with Crippen molar-refractivity contribution < 1.29 is 27.4 Å². The van der Waals surface area contributed by atoms with Crippen molar-refractivity contribution in [3.05, 3.63) is 48.0 Å². The van der Waals surface area contributed by atoms with E-state index in [1.807, 2.05) is 25.1 Å². The molecule has 1 amide bonds. The molecule has 8 nitrogen and oxygen atoms in total. The van der Waals surface area contributed by atoms with Crippen molar-refractivity contribution in [1.82, 2.24) is 5.32 Å². The summed E-state index contributed by atoms with van der Waals surface area (Å²) >= 11 is 0. The molecular weight excluding hydrogens is 396 g/mol. The maximum Gasteiger partial charge on any atom is 0.241 e. The van der Waals surface area contributed by atoms with E-state index in [9.17, 15) is 13.2 Å². The number of amides is 1. The van der Waals surface area contributed by atoms with Gasteiger partial charge in [-0.2, -0.15) is 0 Å². The van der Waals surface area contributed by atoms with Gasteiger partial charge in [-0.25, -0.2) is 8.42 Å². The number of ether oxygens (including phenoxy) is 3. The third-order valence-corrected chi connectivity index (χ3v) is 6.36. The predicted octanol–water partition coefficient (Wildman–Crippen LogP) is 2.46. The summed E-state index contributed by atoms with van der Waals surface area (Å²) in [4.78, 5) is 12.7. The average molecular weight is 420 g/mol. The molecule has 2 aromatic carbocycles. The van der Waals surface area contributed by atoms with Crippen molar-refractivity contribution in [2.45, 2.75) is 19.9 Å². The molecule has 9 heteroatoms. The molecule has 0 aliphatic carbocycles. The van der Waals surface area contributed by atoms with Crippen molar-refractivity contribution in [3.63, 3.8) is 0 Å². The first-order chi connectivity index (χ1) is 13.9. The highest BCUT2D eigenvalue weighted by Crippen LogP contribution is 2.36. The van der Waals surface area contributed by atoms with Gasteiger partial charge in [0.2, 0.25) is 22.7 Å². The maximum absolute atomic E-state index is 12.7. The van der Waals surface area contributed by atoms with E-state index in [-0.39, 0.29) is 25.1 Å². The molecular formula is C20H24N2O6S. The molecule has 29 heavy (non-hydrogen) atoms. The van der Waals surface area contributed by atoms with Gasteiger partial charge in [-0.05, 0) is 32.0 Å². The van der Waals surface area contributed by atoms with Crippen LogP contribution in [0.15, 0.2) is 42.5 Å². The smallest absolute Gasteiger partial charge is 0.241 e. The number of rotatable bonds is 8. The minimum atomic E-state index is -3.69. The summed E-state index contributed by atoms with van der Waals surface area (Å²) < 4.78 is 42.3. The van der Waals surface area contributed by atoms with Gasteiger partial charge in [-0.3, -0.25) is 9.10 Å². The van der Waals surface area contributed by atoms with Gasteiger partial charge in [0, 0.05) is 11.6 Å². The summed E-state index contributed by atoms with van der Waals surface area (Å²) in [6, 6.07) is 11.8. The first-order valence-electron chi connectivity index (χ1n) is 9.18. The lowest BCUT2D eigenvalue weighted by Gasteiger charge is -2.25. The normalized spacial score (nSPS) is 13.6. The number of benzene rings is 2. The fourth-order valence-corrected chi connectivity index (χ4v) is 4.13. The third-order valence-electron chi connectivity index (χ3n) is 4.61. The molecule has 0 spiro atoms. The number of para-hydroxylation sites is 1. The SMILES string of the molecule is CCS(=O)(=O)N(CC(=O)NC(C)c1ccccc1OC)c1ccc2c(c1)OCO2. The standard InChI is InChI=1S/C20H24N2O6S/c1-4-29(24,25)22(15-9-10-18-19(11-15)28-13-27-18)12-20(23)21-14(2)16-7-5-6-8-17(16)26-3/h5-11,14H,4,12-13H2,1-3H3,(H,21,23). The number of carbonyl (C=O) groups is 1. The molecule has 0 saturated heterocycles. The zero-order chi connectivity index (χ0) is 21.0. The Balaban J connectivity index is 1.80. The zero-order valence-corrected chi connectivity index (χ0v) is 17.4. The van der Waals surface area contributed by atoms with Crippen LogP contribution in [0.25, 0.3) is 0 Å². The number of hydrogen-bond donors (Lipinski definition) is 1. The van der Waals surface area contributed by atoms with Crippen molar-refractivity contribution in [2.24, 2.45) is 0 Å². The van der Waals surface area contributed by atoms with Crippen LogP contribution < -0.4 is 23.8 Å². The molecule has 0 radical (unpaired) electrons. The summed E-state index contributed by atoms with van der Waals surface area (Å²) in [6.07, 6.45) is 0. The minimum Gasteiger partial charge on any atom is -0.496 e. The van der Waals surface area contributed by atoms with Crippen LogP contribution in [-0.2, 0) is 14.8 Å². The Kier molecular flexibility index (Phi) is 6.17. The topological polar surface area (TPSA) is 94.2 Å². The molecule has 1 atom stereocenters. The number of nitrogens with zero attached hydrogens (tertiary/aromatic N) is 1. The lowest BCUT2D eigenvalue weighted by atomic mass is 10.1. The fraction of sp³-hybridized carbons (Fsp3) is 0.350. The quantitative estimate of drug-likeness (QED) is 0.705. The first-order valence-corrected chi connectivity index (χ1v) is 10.8. The Labute approximate surface area is 170 Å². The van der Waals surface area contributed by atoms with Crippen molar-refractivity contribution in [3.8, 4) is 17.2 Å². The van der Waals surface area contributed by atoms with Gasteiger partial charge >= 0.3 is 0 Å².